The molecule has 0 saturated carbocycles. The Labute approximate surface area is 109 Å². The van der Waals surface area contributed by atoms with Crippen LogP contribution in [0.4, 0.5) is 0 Å². The smallest absolute Gasteiger partial charge is 0.309 e. The van der Waals surface area contributed by atoms with E-state index < -0.39 is 18.0 Å². The van der Waals surface area contributed by atoms with Gasteiger partial charge in [0, 0.05) is 22.2 Å². The van der Waals surface area contributed by atoms with E-state index in [0.29, 0.717) is 28.6 Å². The Morgan fingerprint density at radius 3 is 2.82 bits per heavy atom. The molecule has 1 N–H and O–H groups in total. The van der Waals surface area contributed by atoms with E-state index in [4.69, 9.17) is 33.0 Å². The number of carbonyl (C=O) groups is 1. The first-order chi connectivity index (χ1) is 8.09. The summed E-state index contributed by atoms with van der Waals surface area (Å²) in [6, 6.07) is 5.03. The largest absolute Gasteiger partial charge is 0.481 e. The minimum atomic E-state index is -0.847. The van der Waals surface area contributed by atoms with E-state index in [9.17, 15) is 4.79 Å². The van der Waals surface area contributed by atoms with E-state index in [1.165, 1.54) is 0 Å². The van der Waals surface area contributed by atoms with Gasteiger partial charge in [-0.15, -0.1) is 0 Å². The molecule has 1 heterocycles. The summed E-state index contributed by atoms with van der Waals surface area (Å²) in [5, 5.41) is 10.1. The van der Waals surface area contributed by atoms with E-state index >= 15 is 0 Å². The molecule has 0 radical (unpaired) electrons. The Bertz CT molecular complexity index is 434. The van der Waals surface area contributed by atoms with Gasteiger partial charge in [-0.05, 0) is 25.0 Å². The fourth-order valence-electron chi connectivity index (χ4n) is 2.07. The topological polar surface area (TPSA) is 46.5 Å². The lowest BCUT2D eigenvalue weighted by atomic mass is 9.89. The molecule has 0 bridgehead atoms. The fourth-order valence-corrected chi connectivity index (χ4v) is 2.59. The van der Waals surface area contributed by atoms with Gasteiger partial charge >= 0.3 is 5.97 Å². The number of rotatable bonds is 2. The maximum absolute atomic E-state index is 11.2. The minimum absolute atomic E-state index is 0.454. The van der Waals surface area contributed by atoms with Gasteiger partial charge in [0.25, 0.3) is 0 Å². The Morgan fingerprint density at radius 1 is 1.41 bits per heavy atom. The summed E-state index contributed by atoms with van der Waals surface area (Å²) in [4.78, 5) is 11.2. The third-order valence-corrected chi connectivity index (χ3v) is 3.47. The Balaban J connectivity index is 2.32. The second kappa shape index (κ2) is 5.25. The van der Waals surface area contributed by atoms with E-state index in [1.807, 2.05) is 0 Å². The third kappa shape index (κ3) is 2.73. The van der Waals surface area contributed by atoms with Gasteiger partial charge in [-0.2, -0.15) is 0 Å². The SMILES string of the molecule is O=C(O)[C@H]1CCCO[C@H]1c1ccc(Cl)cc1Cl. The number of halogens is 2. The summed E-state index contributed by atoms with van der Waals surface area (Å²) >= 11 is 11.9. The molecule has 17 heavy (non-hydrogen) atoms. The van der Waals surface area contributed by atoms with E-state index in [1.54, 1.807) is 18.2 Å². The number of hydrogen-bond acceptors (Lipinski definition) is 2. The lowest BCUT2D eigenvalue weighted by molar-refractivity contribution is -0.151. The van der Waals surface area contributed by atoms with Gasteiger partial charge in [-0.1, -0.05) is 29.3 Å². The van der Waals surface area contributed by atoms with Crippen LogP contribution in [0.25, 0.3) is 0 Å². The second-order valence-electron chi connectivity index (χ2n) is 4.04. The molecule has 2 rings (SSSR count). The van der Waals surface area contributed by atoms with Crippen LogP contribution in [0.15, 0.2) is 18.2 Å². The molecule has 1 aromatic carbocycles. The Morgan fingerprint density at radius 2 is 2.18 bits per heavy atom. The standard InChI is InChI=1S/C12H12Cl2O3/c13-7-3-4-8(10(14)6-7)11-9(12(15)16)2-1-5-17-11/h3-4,6,9,11H,1-2,5H2,(H,15,16)/t9-,11-/m0/s1. The van der Waals surface area contributed by atoms with Crippen molar-refractivity contribution in [3.8, 4) is 0 Å². The van der Waals surface area contributed by atoms with Crippen LogP contribution >= 0.6 is 23.2 Å². The molecule has 1 aromatic rings. The number of hydrogen-bond donors (Lipinski definition) is 1. The van der Waals surface area contributed by atoms with Crippen molar-refractivity contribution in [1.82, 2.24) is 0 Å². The van der Waals surface area contributed by atoms with Gasteiger partial charge in [-0.25, -0.2) is 0 Å². The van der Waals surface area contributed by atoms with Gasteiger partial charge in [0.05, 0.1) is 12.0 Å². The average molecular weight is 275 g/mol. The van der Waals surface area contributed by atoms with Crippen LogP contribution in [0.2, 0.25) is 10.0 Å². The van der Waals surface area contributed by atoms with Gasteiger partial charge in [0.15, 0.2) is 0 Å². The zero-order valence-corrected chi connectivity index (χ0v) is 10.5. The molecule has 92 valence electrons. The lowest BCUT2D eigenvalue weighted by Gasteiger charge is -2.29. The number of ether oxygens (including phenoxy) is 1. The molecule has 1 aliphatic rings. The van der Waals surface area contributed by atoms with Crippen molar-refractivity contribution in [3.05, 3.63) is 33.8 Å². The molecule has 2 atom stereocenters. The molecule has 0 amide bonds. The van der Waals surface area contributed by atoms with Crippen LogP contribution in [0.1, 0.15) is 24.5 Å². The number of aliphatic carboxylic acids is 1. The fraction of sp³-hybridized carbons (Fsp3) is 0.417. The molecule has 0 spiro atoms. The van der Waals surface area contributed by atoms with Crippen LogP contribution in [-0.4, -0.2) is 17.7 Å². The van der Waals surface area contributed by atoms with Crippen molar-refractivity contribution in [1.29, 1.82) is 0 Å². The average Bonchev–Trinajstić information content (AvgIpc) is 2.29. The summed E-state index contributed by atoms with van der Waals surface area (Å²) in [5.41, 5.74) is 0.697. The van der Waals surface area contributed by atoms with Crippen LogP contribution in [0, 0.1) is 5.92 Å². The predicted octanol–water partition coefficient (Wildman–Crippen LogP) is 3.55. The summed E-state index contributed by atoms with van der Waals surface area (Å²) in [7, 11) is 0. The molecular weight excluding hydrogens is 263 g/mol. The molecule has 1 aliphatic heterocycles. The molecule has 5 heteroatoms. The second-order valence-corrected chi connectivity index (χ2v) is 4.89. The maximum Gasteiger partial charge on any atom is 0.309 e. The summed E-state index contributed by atoms with van der Waals surface area (Å²) in [6.45, 7) is 0.563. The number of benzene rings is 1. The van der Waals surface area contributed by atoms with Crippen molar-refractivity contribution in [3.63, 3.8) is 0 Å². The molecular formula is C12H12Cl2O3. The first kappa shape index (κ1) is 12.7. The molecule has 1 fully saturated rings. The Hall–Kier alpha value is -0.770. The first-order valence-electron chi connectivity index (χ1n) is 5.39. The van der Waals surface area contributed by atoms with Crippen molar-refractivity contribution in [2.24, 2.45) is 5.92 Å². The highest BCUT2D eigenvalue weighted by molar-refractivity contribution is 6.35. The highest BCUT2D eigenvalue weighted by Crippen LogP contribution is 2.37. The van der Waals surface area contributed by atoms with Gasteiger partial charge < -0.3 is 9.84 Å². The first-order valence-corrected chi connectivity index (χ1v) is 6.14. The monoisotopic (exact) mass is 274 g/mol. The third-order valence-electron chi connectivity index (χ3n) is 2.91. The van der Waals surface area contributed by atoms with Crippen molar-refractivity contribution in [2.45, 2.75) is 18.9 Å². The van der Waals surface area contributed by atoms with E-state index in [2.05, 4.69) is 0 Å². The lowest BCUT2D eigenvalue weighted by Crippen LogP contribution is -2.29. The van der Waals surface area contributed by atoms with Crippen molar-refractivity contribution in [2.75, 3.05) is 6.61 Å². The maximum atomic E-state index is 11.2. The van der Waals surface area contributed by atoms with Crippen LogP contribution in [0.5, 0.6) is 0 Å². The summed E-state index contributed by atoms with van der Waals surface area (Å²) in [6.07, 6.45) is 0.892. The van der Waals surface area contributed by atoms with Crippen molar-refractivity contribution >= 4 is 29.2 Å². The van der Waals surface area contributed by atoms with E-state index in [0.717, 1.165) is 6.42 Å². The van der Waals surface area contributed by atoms with Crippen molar-refractivity contribution < 1.29 is 14.6 Å². The van der Waals surface area contributed by atoms with Gasteiger partial charge in [-0.3, -0.25) is 4.79 Å². The van der Waals surface area contributed by atoms with Gasteiger partial charge in [0.2, 0.25) is 0 Å². The summed E-state index contributed by atoms with van der Waals surface area (Å²) < 4.78 is 5.55. The normalized spacial score (nSPS) is 24.6. The van der Waals surface area contributed by atoms with Crippen LogP contribution in [-0.2, 0) is 9.53 Å². The minimum Gasteiger partial charge on any atom is -0.481 e. The van der Waals surface area contributed by atoms with E-state index in [-0.39, 0.29) is 0 Å². The number of carboxylic acid groups (broad SMARTS) is 1. The highest BCUT2D eigenvalue weighted by Gasteiger charge is 2.34. The molecule has 3 nitrogen and oxygen atoms in total. The zero-order valence-electron chi connectivity index (χ0n) is 9.03. The quantitative estimate of drug-likeness (QED) is 0.897. The molecule has 0 aromatic heterocycles. The zero-order chi connectivity index (χ0) is 12.4. The predicted molar refractivity (Wildman–Crippen MR) is 65.5 cm³/mol. The molecule has 1 saturated heterocycles. The van der Waals surface area contributed by atoms with Crippen LogP contribution < -0.4 is 0 Å². The summed E-state index contributed by atoms with van der Waals surface area (Å²) in [5.74, 6) is -1.39. The molecule has 0 aliphatic carbocycles. The highest BCUT2D eigenvalue weighted by atomic mass is 35.5. The Kier molecular flexibility index (Phi) is 3.92. The number of carboxylic acids is 1. The van der Waals surface area contributed by atoms with Gasteiger partial charge in [0.1, 0.15) is 0 Å². The van der Waals surface area contributed by atoms with Crippen LogP contribution in [0.3, 0.4) is 0 Å². The molecule has 0 unspecified atom stereocenters.